The van der Waals surface area contributed by atoms with E-state index in [1.165, 1.54) is 0 Å². The zero-order chi connectivity index (χ0) is 9.10. The molecule has 5 heteroatoms. The second-order valence-corrected chi connectivity index (χ2v) is 4.43. The molecule has 0 aromatic carbocycles. The van der Waals surface area contributed by atoms with Gasteiger partial charge in [-0.05, 0) is 11.4 Å². The van der Waals surface area contributed by atoms with Gasteiger partial charge in [0.05, 0.1) is 0 Å². The number of nitrogens with two attached hydrogens (primary N) is 1. The average Bonchev–Trinajstić information content (AvgIpc) is 2.62. The van der Waals surface area contributed by atoms with Crippen molar-refractivity contribution >= 4 is 33.3 Å². The molecular weight excluding hydrogens is 202 g/mol. The molecule has 0 unspecified atom stereocenters. The summed E-state index contributed by atoms with van der Waals surface area (Å²) in [7, 11) is 0. The number of hydrogen-bond acceptors (Lipinski definition) is 5. The second kappa shape index (κ2) is 4.04. The summed E-state index contributed by atoms with van der Waals surface area (Å²) < 4.78 is 0. The molecule has 0 atom stereocenters. The first-order chi connectivity index (χ1) is 6.42. The molecule has 0 radical (unpaired) electrons. The summed E-state index contributed by atoms with van der Waals surface area (Å²) in [6, 6.07) is 2.05. The van der Waals surface area contributed by atoms with Gasteiger partial charge in [0, 0.05) is 17.7 Å². The molecule has 2 aromatic rings. The van der Waals surface area contributed by atoms with Crippen molar-refractivity contribution in [2.24, 2.45) is 5.73 Å². The molecule has 68 valence electrons. The molecule has 2 rings (SSSR count). The lowest BCUT2D eigenvalue weighted by molar-refractivity contribution is 1.09. The molecule has 0 spiro atoms. The number of rotatable bonds is 3. The van der Waals surface area contributed by atoms with Crippen LogP contribution in [0.1, 0.15) is 0 Å². The van der Waals surface area contributed by atoms with Crippen LogP contribution in [0.15, 0.2) is 22.8 Å². The predicted octanol–water partition coefficient (Wildman–Crippen LogP) is 1.74. The van der Waals surface area contributed by atoms with E-state index in [4.69, 9.17) is 5.73 Å². The highest BCUT2D eigenvalue weighted by atomic mass is 32.2. The zero-order valence-electron chi connectivity index (χ0n) is 6.93. The normalized spacial score (nSPS) is 10.8. The molecule has 2 aromatic heterocycles. The minimum atomic E-state index is 0.681. The maximum Gasteiger partial charge on any atom is 0.127 e. The molecule has 2 heterocycles. The Hall–Kier alpha value is -0.650. The maximum atomic E-state index is 5.43. The first kappa shape index (κ1) is 8.93. The summed E-state index contributed by atoms with van der Waals surface area (Å²) in [5, 5.41) is 4.22. The van der Waals surface area contributed by atoms with Gasteiger partial charge in [-0.25, -0.2) is 9.97 Å². The van der Waals surface area contributed by atoms with Crippen LogP contribution < -0.4 is 5.73 Å². The fourth-order valence-corrected chi connectivity index (χ4v) is 2.59. The Morgan fingerprint density at radius 3 is 3.23 bits per heavy atom. The topological polar surface area (TPSA) is 51.8 Å². The molecule has 0 aliphatic carbocycles. The lowest BCUT2D eigenvalue weighted by Gasteiger charge is -1.98. The highest BCUT2D eigenvalue weighted by Gasteiger charge is 2.03. The van der Waals surface area contributed by atoms with E-state index in [9.17, 15) is 0 Å². The smallest absolute Gasteiger partial charge is 0.127 e. The van der Waals surface area contributed by atoms with E-state index in [1.807, 2.05) is 5.38 Å². The molecule has 13 heavy (non-hydrogen) atoms. The standard InChI is InChI=1S/C8H9N3S2/c9-2-4-13-8-6-1-3-12-7(6)10-5-11-8/h1,3,5H,2,4,9H2. The van der Waals surface area contributed by atoms with Crippen molar-refractivity contribution in [2.75, 3.05) is 12.3 Å². The van der Waals surface area contributed by atoms with Crippen LogP contribution >= 0.6 is 23.1 Å². The number of thioether (sulfide) groups is 1. The Balaban J connectivity index is 2.37. The van der Waals surface area contributed by atoms with Crippen LogP contribution in [-0.4, -0.2) is 22.3 Å². The fraction of sp³-hybridized carbons (Fsp3) is 0.250. The second-order valence-electron chi connectivity index (χ2n) is 2.46. The van der Waals surface area contributed by atoms with Crippen LogP contribution in [-0.2, 0) is 0 Å². The Morgan fingerprint density at radius 2 is 2.38 bits per heavy atom. The van der Waals surface area contributed by atoms with E-state index in [2.05, 4.69) is 16.0 Å². The highest BCUT2D eigenvalue weighted by molar-refractivity contribution is 7.99. The van der Waals surface area contributed by atoms with E-state index in [0.29, 0.717) is 6.54 Å². The molecule has 0 amide bonds. The predicted molar refractivity (Wildman–Crippen MR) is 57.2 cm³/mol. The first-order valence-electron chi connectivity index (χ1n) is 3.93. The molecule has 0 aliphatic rings. The third-order valence-electron chi connectivity index (χ3n) is 1.58. The van der Waals surface area contributed by atoms with E-state index in [1.54, 1.807) is 29.4 Å². The molecule has 0 saturated carbocycles. The Bertz CT molecular complexity index is 399. The number of hydrogen-bond donors (Lipinski definition) is 1. The van der Waals surface area contributed by atoms with E-state index < -0.39 is 0 Å². The van der Waals surface area contributed by atoms with Crippen LogP contribution in [0, 0.1) is 0 Å². The molecular formula is C8H9N3S2. The number of aromatic nitrogens is 2. The van der Waals surface area contributed by atoms with Gasteiger partial charge in [0.2, 0.25) is 0 Å². The van der Waals surface area contributed by atoms with Crippen molar-refractivity contribution in [3.05, 3.63) is 17.8 Å². The van der Waals surface area contributed by atoms with Crippen molar-refractivity contribution in [3.8, 4) is 0 Å². The molecule has 2 N–H and O–H groups in total. The lowest BCUT2D eigenvalue weighted by Crippen LogP contribution is -2.01. The van der Waals surface area contributed by atoms with Crippen LogP contribution in [0.3, 0.4) is 0 Å². The van der Waals surface area contributed by atoms with E-state index >= 15 is 0 Å². The Labute approximate surface area is 84.4 Å². The quantitative estimate of drug-likeness (QED) is 0.620. The van der Waals surface area contributed by atoms with Gasteiger partial charge in [-0.2, -0.15) is 0 Å². The monoisotopic (exact) mass is 211 g/mol. The SMILES string of the molecule is NCCSc1ncnc2sccc12. The van der Waals surface area contributed by atoms with Crippen LogP contribution in [0.5, 0.6) is 0 Å². The Kier molecular flexibility index (Phi) is 2.77. The van der Waals surface area contributed by atoms with Crippen LogP contribution in [0.4, 0.5) is 0 Å². The summed E-state index contributed by atoms with van der Waals surface area (Å²) in [5.41, 5.74) is 5.43. The summed E-state index contributed by atoms with van der Waals surface area (Å²) in [6.45, 7) is 0.681. The first-order valence-corrected chi connectivity index (χ1v) is 5.79. The average molecular weight is 211 g/mol. The van der Waals surface area contributed by atoms with Gasteiger partial charge in [0.1, 0.15) is 16.2 Å². The third-order valence-corrected chi connectivity index (χ3v) is 3.44. The molecule has 3 nitrogen and oxygen atoms in total. The summed E-state index contributed by atoms with van der Waals surface area (Å²) in [5.74, 6) is 0.905. The van der Waals surface area contributed by atoms with Gasteiger partial charge in [0.25, 0.3) is 0 Å². The molecule has 0 fully saturated rings. The number of fused-ring (bicyclic) bond motifs is 1. The van der Waals surface area contributed by atoms with Gasteiger partial charge >= 0.3 is 0 Å². The van der Waals surface area contributed by atoms with Crippen molar-refractivity contribution < 1.29 is 0 Å². The number of nitrogens with zero attached hydrogens (tertiary/aromatic N) is 2. The van der Waals surface area contributed by atoms with Crippen molar-refractivity contribution in [2.45, 2.75) is 5.03 Å². The van der Waals surface area contributed by atoms with Crippen molar-refractivity contribution in [1.29, 1.82) is 0 Å². The van der Waals surface area contributed by atoms with Gasteiger partial charge < -0.3 is 5.73 Å². The molecule has 0 saturated heterocycles. The highest BCUT2D eigenvalue weighted by Crippen LogP contribution is 2.26. The minimum absolute atomic E-state index is 0.681. The summed E-state index contributed by atoms with van der Waals surface area (Å²) >= 11 is 3.32. The van der Waals surface area contributed by atoms with Gasteiger partial charge in [0.15, 0.2) is 0 Å². The van der Waals surface area contributed by atoms with Crippen LogP contribution in [0.2, 0.25) is 0 Å². The fourth-order valence-electron chi connectivity index (χ4n) is 1.04. The summed E-state index contributed by atoms with van der Waals surface area (Å²) in [4.78, 5) is 9.44. The van der Waals surface area contributed by atoms with Gasteiger partial charge in [-0.1, -0.05) is 0 Å². The largest absolute Gasteiger partial charge is 0.330 e. The number of thiophene rings is 1. The van der Waals surface area contributed by atoms with Crippen molar-refractivity contribution in [3.63, 3.8) is 0 Å². The molecule has 0 aliphatic heterocycles. The van der Waals surface area contributed by atoms with Crippen LogP contribution in [0.25, 0.3) is 10.2 Å². The van der Waals surface area contributed by atoms with E-state index in [0.717, 1.165) is 21.0 Å². The van der Waals surface area contributed by atoms with E-state index in [-0.39, 0.29) is 0 Å². The summed E-state index contributed by atoms with van der Waals surface area (Å²) in [6.07, 6.45) is 1.61. The zero-order valence-corrected chi connectivity index (χ0v) is 8.57. The van der Waals surface area contributed by atoms with Crippen molar-refractivity contribution in [1.82, 2.24) is 9.97 Å². The maximum absolute atomic E-state index is 5.43. The Morgan fingerprint density at radius 1 is 1.46 bits per heavy atom. The lowest BCUT2D eigenvalue weighted by atomic mass is 10.4. The minimum Gasteiger partial charge on any atom is -0.330 e. The molecule has 0 bridgehead atoms. The van der Waals surface area contributed by atoms with Gasteiger partial charge in [-0.3, -0.25) is 0 Å². The third kappa shape index (κ3) is 1.82. The van der Waals surface area contributed by atoms with Gasteiger partial charge in [-0.15, -0.1) is 23.1 Å².